The molecule has 2 heteroatoms. The summed E-state index contributed by atoms with van der Waals surface area (Å²) in [5.74, 6) is 0.540. The highest BCUT2D eigenvalue weighted by Gasteiger charge is 2.18. The van der Waals surface area contributed by atoms with Gasteiger partial charge in [-0.3, -0.25) is 4.99 Å². The third kappa shape index (κ3) is 1.81. The highest BCUT2D eigenvalue weighted by atomic mass is 16.3. The molecule has 0 spiro atoms. The number of nitrogens with zero attached hydrogens (tertiary/aromatic N) is 1. The molecule has 0 aromatic heterocycles. The molecule has 1 aliphatic rings. The van der Waals surface area contributed by atoms with E-state index in [9.17, 15) is 0 Å². The average Bonchev–Trinajstić information content (AvgIpc) is 2.05. The van der Waals surface area contributed by atoms with Crippen LogP contribution in [0.1, 0.15) is 25.7 Å². The first-order valence-electron chi connectivity index (χ1n) is 3.93. The van der Waals surface area contributed by atoms with Gasteiger partial charge >= 0.3 is 0 Å². The van der Waals surface area contributed by atoms with Crippen LogP contribution in [-0.4, -0.2) is 24.5 Å². The van der Waals surface area contributed by atoms with Crippen molar-refractivity contribution in [1.29, 1.82) is 0 Å². The summed E-state index contributed by atoms with van der Waals surface area (Å²) in [6, 6.07) is 0.475. The molecule has 0 aromatic carbocycles. The van der Waals surface area contributed by atoms with Crippen molar-refractivity contribution in [3.63, 3.8) is 0 Å². The van der Waals surface area contributed by atoms with E-state index >= 15 is 0 Å². The summed E-state index contributed by atoms with van der Waals surface area (Å²) in [5.41, 5.74) is 0. The van der Waals surface area contributed by atoms with Crippen molar-refractivity contribution >= 4 is 6.72 Å². The second-order valence-electron chi connectivity index (χ2n) is 3.04. The van der Waals surface area contributed by atoms with E-state index < -0.39 is 0 Å². The maximum Gasteiger partial charge on any atom is 0.0492 e. The van der Waals surface area contributed by atoms with Gasteiger partial charge < -0.3 is 5.11 Å². The molecule has 1 saturated carbocycles. The van der Waals surface area contributed by atoms with Gasteiger partial charge in [0, 0.05) is 12.6 Å². The van der Waals surface area contributed by atoms with Crippen LogP contribution in [0.15, 0.2) is 4.99 Å². The molecule has 0 unspecified atom stereocenters. The van der Waals surface area contributed by atoms with Gasteiger partial charge in [-0.05, 0) is 38.3 Å². The van der Waals surface area contributed by atoms with Crippen LogP contribution in [0.5, 0.6) is 0 Å². The highest BCUT2D eigenvalue weighted by Crippen LogP contribution is 2.25. The fraction of sp³-hybridized carbons (Fsp3) is 0.875. The van der Waals surface area contributed by atoms with Crippen molar-refractivity contribution in [3.8, 4) is 0 Å². The zero-order chi connectivity index (χ0) is 7.40. The zero-order valence-electron chi connectivity index (χ0n) is 6.29. The van der Waals surface area contributed by atoms with E-state index in [0.29, 0.717) is 18.6 Å². The Hall–Kier alpha value is -0.370. The zero-order valence-corrected chi connectivity index (χ0v) is 6.29. The maximum absolute atomic E-state index is 8.80. The Morgan fingerprint density at radius 2 is 1.90 bits per heavy atom. The topological polar surface area (TPSA) is 32.6 Å². The Morgan fingerprint density at radius 1 is 1.30 bits per heavy atom. The molecule has 0 saturated heterocycles. The van der Waals surface area contributed by atoms with E-state index in [-0.39, 0.29) is 0 Å². The first kappa shape index (κ1) is 7.73. The molecule has 0 atom stereocenters. The van der Waals surface area contributed by atoms with Gasteiger partial charge in [0.25, 0.3) is 0 Å². The number of aliphatic imine (C=N–C) groups is 1. The van der Waals surface area contributed by atoms with E-state index in [2.05, 4.69) is 11.7 Å². The fourth-order valence-electron chi connectivity index (χ4n) is 1.51. The molecular formula is C8H15NO. The molecule has 1 N–H and O–H groups in total. The van der Waals surface area contributed by atoms with E-state index in [1.807, 2.05) is 0 Å². The predicted octanol–water partition coefficient (Wildman–Crippen LogP) is 1.24. The minimum Gasteiger partial charge on any atom is -0.396 e. The molecule has 0 radical (unpaired) electrons. The van der Waals surface area contributed by atoms with E-state index in [0.717, 1.165) is 25.7 Å². The quantitative estimate of drug-likeness (QED) is 0.576. The lowest BCUT2D eigenvalue weighted by molar-refractivity contribution is 0.183. The number of aliphatic hydroxyl groups excluding tert-OH is 1. The standard InChI is InChI=1S/C8H15NO/c1-9-8-4-2-7(6-10)3-5-8/h7-8,10H,1-6H2. The van der Waals surface area contributed by atoms with E-state index in [1.165, 1.54) is 0 Å². The molecule has 1 aliphatic carbocycles. The van der Waals surface area contributed by atoms with Crippen molar-refractivity contribution in [2.24, 2.45) is 10.9 Å². The minimum absolute atomic E-state index is 0.351. The Kier molecular flexibility index (Phi) is 2.87. The highest BCUT2D eigenvalue weighted by molar-refractivity contribution is 5.24. The normalized spacial score (nSPS) is 33.7. The summed E-state index contributed by atoms with van der Waals surface area (Å²) in [6.07, 6.45) is 4.49. The lowest BCUT2D eigenvalue weighted by Gasteiger charge is -2.23. The minimum atomic E-state index is 0.351. The lowest BCUT2D eigenvalue weighted by atomic mass is 9.87. The van der Waals surface area contributed by atoms with Crippen LogP contribution in [0.25, 0.3) is 0 Å². The molecule has 2 nitrogen and oxygen atoms in total. The van der Waals surface area contributed by atoms with Gasteiger partial charge in [0.1, 0.15) is 0 Å². The summed E-state index contributed by atoms with van der Waals surface area (Å²) >= 11 is 0. The van der Waals surface area contributed by atoms with Gasteiger partial charge in [-0.1, -0.05) is 0 Å². The van der Waals surface area contributed by atoms with Gasteiger partial charge in [-0.2, -0.15) is 0 Å². The second kappa shape index (κ2) is 3.71. The lowest BCUT2D eigenvalue weighted by Crippen LogP contribution is -2.19. The summed E-state index contributed by atoms with van der Waals surface area (Å²) in [7, 11) is 0. The van der Waals surface area contributed by atoms with Gasteiger partial charge in [0.2, 0.25) is 0 Å². The largest absolute Gasteiger partial charge is 0.396 e. The number of rotatable bonds is 2. The van der Waals surface area contributed by atoms with Crippen molar-refractivity contribution in [1.82, 2.24) is 0 Å². The Bertz CT molecular complexity index is 106. The van der Waals surface area contributed by atoms with E-state index in [4.69, 9.17) is 5.11 Å². The molecule has 1 rings (SSSR count). The van der Waals surface area contributed by atoms with Gasteiger partial charge in [-0.15, -0.1) is 0 Å². The van der Waals surface area contributed by atoms with Crippen molar-refractivity contribution in [3.05, 3.63) is 0 Å². The number of hydrogen-bond acceptors (Lipinski definition) is 2. The summed E-state index contributed by atoms with van der Waals surface area (Å²) < 4.78 is 0. The van der Waals surface area contributed by atoms with Crippen molar-refractivity contribution in [2.45, 2.75) is 31.7 Å². The van der Waals surface area contributed by atoms with Gasteiger partial charge in [-0.25, -0.2) is 0 Å². The summed E-state index contributed by atoms with van der Waals surface area (Å²) in [4.78, 5) is 3.98. The fourth-order valence-corrected chi connectivity index (χ4v) is 1.51. The van der Waals surface area contributed by atoms with Gasteiger partial charge in [0.05, 0.1) is 0 Å². The van der Waals surface area contributed by atoms with Crippen LogP contribution in [0.2, 0.25) is 0 Å². The average molecular weight is 141 g/mol. The maximum atomic E-state index is 8.80. The van der Waals surface area contributed by atoms with Crippen molar-refractivity contribution < 1.29 is 5.11 Å². The van der Waals surface area contributed by atoms with Crippen molar-refractivity contribution in [2.75, 3.05) is 6.61 Å². The first-order valence-corrected chi connectivity index (χ1v) is 3.93. The molecule has 0 bridgehead atoms. The summed E-state index contributed by atoms with van der Waals surface area (Å²) in [6.45, 7) is 3.87. The molecule has 1 fully saturated rings. The van der Waals surface area contributed by atoms with Crippen LogP contribution in [0.4, 0.5) is 0 Å². The van der Waals surface area contributed by atoms with Crippen LogP contribution >= 0.6 is 0 Å². The molecule has 0 aliphatic heterocycles. The SMILES string of the molecule is C=NC1CCC(CO)CC1. The molecule has 0 aromatic rings. The number of hydrogen-bond donors (Lipinski definition) is 1. The monoisotopic (exact) mass is 141 g/mol. The molecule has 0 heterocycles. The first-order chi connectivity index (χ1) is 4.86. The molecule has 58 valence electrons. The Labute approximate surface area is 62.0 Å². The molecule has 10 heavy (non-hydrogen) atoms. The van der Waals surface area contributed by atoms with Crippen LogP contribution in [-0.2, 0) is 0 Å². The predicted molar refractivity (Wildman–Crippen MR) is 42.4 cm³/mol. The summed E-state index contributed by atoms with van der Waals surface area (Å²) in [5, 5.41) is 8.80. The van der Waals surface area contributed by atoms with Crippen LogP contribution in [0, 0.1) is 5.92 Å². The van der Waals surface area contributed by atoms with Crippen LogP contribution < -0.4 is 0 Å². The van der Waals surface area contributed by atoms with Crippen LogP contribution in [0.3, 0.4) is 0 Å². The second-order valence-corrected chi connectivity index (χ2v) is 3.04. The third-order valence-corrected chi connectivity index (χ3v) is 2.33. The van der Waals surface area contributed by atoms with E-state index in [1.54, 1.807) is 0 Å². The Balaban J connectivity index is 2.23. The Morgan fingerprint density at radius 3 is 2.30 bits per heavy atom. The third-order valence-electron chi connectivity index (χ3n) is 2.33. The molecule has 0 amide bonds. The molecular weight excluding hydrogens is 126 g/mol. The van der Waals surface area contributed by atoms with Gasteiger partial charge in [0.15, 0.2) is 0 Å². The smallest absolute Gasteiger partial charge is 0.0492 e. The number of aliphatic hydroxyl groups is 1.